The van der Waals surface area contributed by atoms with Crippen LogP contribution in [0.3, 0.4) is 0 Å². The minimum absolute atomic E-state index is 0.838. The Bertz CT molecular complexity index is 546. The molecule has 1 heterocycles. The second kappa shape index (κ2) is 6.71. The Balaban J connectivity index is 2.16. The lowest BCUT2D eigenvalue weighted by atomic mass is 10.00. The average molecular weight is 271 g/mol. The van der Waals surface area contributed by atoms with E-state index in [2.05, 4.69) is 60.9 Å². The van der Waals surface area contributed by atoms with Crippen LogP contribution in [0.25, 0.3) is 0 Å². The first-order valence-electron chi connectivity index (χ1n) is 7.39. The fourth-order valence-electron chi connectivity index (χ4n) is 2.66. The predicted octanol–water partition coefficient (Wildman–Crippen LogP) is 3.36. The van der Waals surface area contributed by atoms with Gasteiger partial charge in [-0.05, 0) is 50.4 Å². The minimum Gasteiger partial charge on any atom is -0.329 e. The molecule has 20 heavy (non-hydrogen) atoms. The van der Waals surface area contributed by atoms with Crippen molar-refractivity contribution in [3.63, 3.8) is 0 Å². The maximum Gasteiger partial charge on any atom is 0.122 e. The molecule has 1 aromatic carbocycles. The van der Waals surface area contributed by atoms with Crippen LogP contribution in [-0.4, -0.2) is 16.1 Å². The van der Waals surface area contributed by atoms with Crippen LogP contribution in [0, 0.1) is 20.8 Å². The van der Waals surface area contributed by atoms with Crippen molar-refractivity contribution in [2.45, 2.75) is 47.2 Å². The maximum atomic E-state index is 4.46. The molecule has 1 N–H and O–H groups in total. The third kappa shape index (κ3) is 3.48. The molecule has 1 aromatic heterocycles. The van der Waals surface area contributed by atoms with E-state index in [-0.39, 0.29) is 0 Å². The van der Waals surface area contributed by atoms with E-state index in [1.54, 1.807) is 0 Å². The second-order valence-electron chi connectivity index (χ2n) is 5.53. The van der Waals surface area contributed by atoms with Gasteiger partial charge in [-0.2, -0.15) is 0 Å². The molecule has 3 heteroatoms. The first kappa shape index (κ1) is 14.8. The van der Waals surface area contributed by atoms with Crippen LogP contribution in [0.15, 0.2) is 24.5 Å². The summed E-state index contributed by atoms with van der Waals surface area (Å²) in [5, 5.41) is 3.42. The van der Waals surface area contributed by atoms with Gasteiger partial charge in [0.25, 0.3) is 0 Å². The number of imidazole rings is 1. The number of aryl methyl sites for hydroxylation is 3. The zero-order valence-electron chi connectivity index (χ0n) is 13.0. The highest BCUT2D eigenvalue weighted by Gasteiger charge is 2.08. The van der Waals surface area contributed by atoms with Crippen molar-refractivity contribution in [2.24, 2.45) is 0 Å². The topological polar surface area (TPSA) is 29.9 Å². The molecule has 0 aliphatic carbocycles. The average Bonchev–Trinajstić information content (AvgIpc) is 2.81. The van der Waals surface area contributed by atoms with Gasteiger partial charge in [0.2, 0.25) is 0 Å². The third-order valence-electron chi connectivity index (χ3n) is 3.68. The quantitative estimate of drug-likeness (QED) is 0.817. The molecule has 0 radical (unpaired) electrons. The Morgan fingerprint density at radius 1 is 1.15 bits per heavy atom. The monoisotopic (exact) mass is 271 g/mol. The number of hydrogen-bond donors (Lipinski definition) is 1. The Hall–Kier alpha value is -1.61. The number of rotatable bonds is 6. The molecule has 0 fully saturated rings. The fourth-order valence-corrected chi connectivity index (χ4v) is 2.66. The molecular formula is C17H25N3. The smallest absolute Gasteiger partial charge is 0.122 e. The van der Waals surface area contributed by atoms with Crippen LogP contribution >= 0.6 is 0 Å². The highest BCUT2D eigenvalue weighted by Crippen LogP contribution is 2.18. The Morgan fingerprint density at radius 2 is 1.85 bits per heavy atom. The molecular weight excluding hydrogens is 246 g/mol. The van der Waals surface area contributed by atoms with E-state index >= 15 is 0 Å². The second-order valence-corrected chi connectivity index (χ2v) is 5.53. The molecule has 0 aliphatic rings. The molecule has 0 aliphatic heterocycles. The predicted molar refractivity (Wildman–Crippen MR) is 84.0 cm³/mol. The molecule has 2 aromatic rings. The van der Waals surface area contributed by atoms with E-state index in [1.165, 1.54) is 22.3 Å². The minimum atomic E-state index is 0.838. The summed E-state index contributed by atoms with van der Waals surface area (Å²) in [7, 11) is 0. The normalized spacial score (nSPS) is 11.0. The van der Waals surface area contributed by atoms with E-state index in [0.29, 0.717) is 0 Å². The van der Waals surface area contributed by atoms with Crippen LogP contribution < -0.4 is 5.32 Å². The zero-order valence-corrected chi connectivity index (χ0v) is 13.0. The number of nitrogens with one attached hydrogen (secondary N) is 1. The lowest BCUT2D eigenvalue weighted by Gasteiger charge is -2.14. The highest BCUT2D eigenvalue weighted by atomic mass is 15.1. The van der Waals surface area contributed by atoms with Crippen molar-refractivity contribution < 1.29 is 0 Å². The van der Waals surface area contributed by atoms with Crippen molar-refractivity contribution in [1.82, 2.24) is 14.9 Å². The van der Waals surface area contributed by atoms with Crippen molar-refractivity contribution in [3.8, 4) is 0 Å². The van der Waals surface area contributed by atoms with Gasteiger partial charge in [0.15, 0.2) is 0 Å². The van der Waals surface area contributed by atoms with Crippen LogP contribution in [0.1, 0.15) is 41.4 Å². The lowest BCUT2D eigenvalue weighted by Crippen LogP contribution is -2.18. The summed E-state index contributed by atoms with van der Waals surface area (Å²) in [5.74, 6) is 1.11. The Labute approximate surface area is 122 Å². The van der Waals surface area contributed by atoms with E-state index in [1.807, 2.05) is 6.20 Å². The summed E-state index contributed by atoms with van der Waals surface area (Å²) >= 11 is 0. The summed E-state index contributed by atoms with van der Waals surface area (Å²) in [6.45, 7) is 11.5. The molecule has 108 valence electrons. The fraction of sp³-hybridized carbons (Fsp3) is 0.471. The Kier molecular flexibility index (Phi) is 4.96. The van der Waals surface area contributed by atoms with Gasteiger partial charge in [-0.3, -0.25) is 0 Å². The van der Waals surface area contributed by atoms with Gasteiger partial charge < -0.3 is 9.88 Å². The SMILES string of the molecule is CCCNCc1nccn1Cc1c(C)cc(C)cc1C. The summed E-state index contributed by atoms with van der Waals surface area (Å²) in [6.07, 6.45) is 5.11. The molecule has 0 saturated heterocycles. The van der Waals surface area contributed by atoms with Gasteiger partial charge in [0, 0.05) is 18.9 Å². The Morgan fingerprint density at radius 3 is 2.50 bits per heavy atom. The number of aromatic nitrogens is 2. The first-order valence-corrected chi connectivity index (χ1v) is 7.39. The van der Waals surface area contributed by atoms with Gasteiger partial charge in [-0.1, -0.05) is 24.6 Å². The van der Waals surface area contributed by atoms with Crippen LogP contribution in [0.4, 0.5) is 0 Å². The van der Waals surface area contributed by atoms with Gasteiger partial charge in [-0.15, -0.1) is 0 Å². The molecule has 2 rings (SSSR count). The van der Waals surface area contributed by atoms with Gasteiger partial charge in [0.1, 0.15) is 5.82 Å². The van der Waals surface area contributed by atoms with E-state index in [0.717, 1.165) is 31.9 Å². The van der Waals surface area contributed by atoms with Crippen molar-refractivity contribution >= 4 is 0 Å². The largest absolute Gasteiger partial charge is 0.329 e. The molecule has 3 nitrogen and oxygen atoms in total. The van der Waals surface area contributed by atoms with Crippen molar-refractivity contribution in [2.75, 3.05) is 6.54 Å². The van der Waals surface area contributed by atoms with Crippen LogP contribution in [0.2, 0.25) is 0 Å². The molecule has 0 bridgehead atoms. The van der Waals surface area contributed by atoms with Crippen LogP contribution in [-0.2, 0) is 13.1 Å². The molecule has 0 spiro atoms. The molecule has 0 unspecified atom stereocenters. The maximum absolute atomic E-state index is 4.46. The van der Waals surface area contributed by atoms with E-state index in [4.69, 9.17) is 0 Å². The molecule has 0 saturated carbocycles. The molecule has 0 atom stereocenters. The number of nitrogens with zero attached hydrogens (tertiary/aromatic N) is 2. The molecule has 0 amide bonds. The van der Waals surface area contributed by atoms with Crippen LogP contribution in [0.5, 0.6) is 0 Å². The standard InChI is InChI=1S/C17H25N3/c1-5-6-18-11-17-19-7-8-20(17)12-16-14(3)9-13(2)10-15(16)4/h7-10,18H,5-6,11-12H2,1-4H3. The highest BCUT2D eigenvalue weighted by molar-refractivity contribution is 5.37. The van der Waals surface area contributed by atoms with E-state index in [9.17, 15) is 0 Å². The summed E-state index contributed by atoms with van der Waals surface area (Å²) in [4.78, 5) is 4.46. The summed E-state index contributed by atoms with van der Waals surface area (Å²) < 4.78 is 2.24. The van der Waals surface area contributed by atoms with E-state index < -0.39 is 0 Å². The van der Waals surface area contributed by atoms with Gasteiger partial charge >= 0.3 is 0 Å². The number of benzene rings is 1. The third-order valence-corrected chi connectivity index (χ3v) is 3.68. The summed E-state index contributed by atoms with van der Waals surface area (Å²) in [5.41, 5.74) is 5.47. The van der Waals surface area contributed by atoms with Crippen molar-refractivity contribution in [3.05, 3.63) is 52.6 Å². The first-order chi connectivity index (χ1) is 9.61. The lowest BCUT2D eigenvalue weighted by molar-refractivity contribution is 0.614. The zero-order chi connectivity index (χ0) is 14.5. The van der Waals surface area contributed by atoms with Gasteiger partial charge in [-0.25, -0.2) is 4.98 Å². The van der Waals surface area contributed by atoms with Gasteiger partial charge in [0.05, 0.1) is 6.54 Å². The number of hydrogen-bond acceptors (Lipinski definition) is 2. The summed E-state index contributed by atoms with van der Waals surface area (Å²) in [6, 6.07) is 4.52. The van der Waals surface area contributed by atoms with Crippen molar-refractivity contribution in [1.29, 1.82) is 0 Å².